The van der Waals surface area contributed by atoms with Gasteiger partial charge in [-0.3, -0.25) is 14.9 Å². The summed E-state index contributed by atoms with van der Waals surface area (Å²) in [5, 5.41) is 13.1. The minimum absolute atomic E-state index is 0.0508. The Hall–Kier alpha value is -2.94. The summed E-state index contributed by atoms with van der Waals surface area (Å²) >= 11 is 5.91. The van der Waals surface area contributed by atoms with E-state index in [0.717, 1.165) is 6.07 Å². The van der Waals surface area contributed by atoms with E-state index in [1.807, 2.05) is 0 Å². The number of hydrogen-bond donors (Lipinski definition) is 1. The van der Waals surface area contributed by atoms with Gasteiger partial charge in [-0.25, -0.2) is 4.98 Å². The molecule has 1 N–H and O–H groups in total. The van der Waals surface area contributed by atoms with E-state index in [9.17, 15) is 14.9 Å². The lowest BCUT2D eigenvalue weighted by Crippen LogP contribution is -2.14. The number of ether oxygens (including phenoxy) is 2. The van der Waals surface area contributed by atoms with Gasteiger partial charge in [0.2, 0.25) is 5.88 Å². The van der Waals surface area contributed by atoms with Gasteiger partial charge in [-0.1, -0.05) is 11.6 Å². The van der Waals surface area contributed by atoms with E-state index in [-0.39, 0.29) is 33.9 Å². The molecule has 0 saturated carbocycles. The summed E-state index contributed by atoms with van der Waals surface area (Å²) in [5.41, 5.74) is 0.0553. The summed E-state index contributed by atoms with van der Waals surface area (Å²) in [7, 11) is 2.76. The second-order valence-electron chi connectivity index (χ2n) is 4.16. The van der Waals surface area contributed by atoms with Gasteiger partial charge in [-0.2, -0.15) is 4.98 Å². The first-order valence-electron chi connectivity index (χ1n) is 6.16. The molecule has 10 heteroatoms. The molecule has 1 aromatic heterocycles. The van der Waals surface area contributed by atoms with Crippen molar-refractivity contribution in [3.05, 3.63) is 45.1 Å². The molecule has 0 aliphatic heterocycles. The van der Waals surface area contributed by atoms with Crippen LogP contribution in [0.2, 0.25) is 5.02 Å². The number of anilines is 1. The Balaban J connectivity index is 2.27. The van der Waals surface area contributed by atoms with Crippen LogP contribution in [0.1, 0.15) is 10.4 Å². The molecule has 0 aliphatic rings. The normalized spacial score (nSPS) is 10.0. The maximum Gasteiger partial charge on any atom is 0.319 e. The molecule has 9 nitrogen and oxygen atoms in total. The van der Waals surface area contributed by atoms with Crippen molar-refractivity contribution in [3.63, 3.8) is 0 Å². The zero-order valence-electron chi connectivity index (χ0n) is 12.1. The van der Waals surface area contributed by atoms with Gasteiger partial charge < -0.3 is 14.8 Å². The molecule has 0 spiro atoms. The molecule has 1 heterocycles. The second-order valence-corrected chi connectivity index (χ2v) is 4.56. The molecule has 1 amide bonds. The minimum atomic E-state index is -0.603. The van der Waals surface area contributed by atoms with Gasteiger partial charge >= 0.3 is 6.01 Å². The highest BCUT2D eigenvalue weighted by Gasteiger charge is 2.17. The fourth-order valence-corrected chi connectivity index (χ4v) is 1.94. The summed E-state index contributed by atoms with van der Waals surface area (Å²) in [4.78, 5) is 30.1. The van der Waals surface area contributed by atoms with Crippen molar-refractivity contribution in [2.75, 3.05) is 19.5 Å². The average molecular weight is 339 g/mol. The molecule has 23 heavy (non-hydrogen) atoms. The van der Waals surface area contributed by atoms with Crippen LogP contribution in [0.5, 0.6) is 11.9 Å². The van der Waals surface area contributed by atoms with Crippen LogP contribution in [0.3, 0.4) is 0 Å². The topological polar surface area (TPSA) is 116 Å². The highest BCUT2D eigenvalue weighted by Crippen LogP contribution is 2.26. The average Bonchev–Trinajstić information content (AvgIpc) is 2.54. The number of methoxy groups -OCH3 is 2. The summed E-state index contributed by atoms with van der Waals surface area (Å²) in [6, 6.07) is 3.61. The van der Waals surface area contributed by atoms with Gasteiger partial charge in [-0.15, -0.1) is 0 Å². The van der Waals surface area contributed by atoms with E-state index >= 15 is 0 Å². The zero-order chi connectivity index (χ0) is 17.0. The number of nitrogens with zero attached hydrogens (tertiary/aromatic N) is 3. The number of halogens is 1. The Morgan fingerprint density at radius 3 is 2.65 bits per heavy atom. The molecule has 0 bridgehead atoms. The molecule has 2 rings (SSSR count). The van der Waals surface area contributed by atoms with E-state index in [0.29, 0.717) is 0 Å². The fourth-order valence-electron chi connectivity index (χ4n) is 1.68. The summed E-state index contributed by atoms with van der Waals surface area (Å²) in [6.07, 6.45) is 1.31. The second kappa shape index (κ2) is 6.88. The molecule has 0 aliphatic carbocycles. The zero-order valence-corrected chi connectivity index (χ0v) is 12.8. The van der Waals surface area contributed by atoms with Gasteiger partial charge in [0.05, 0.1) is 35.9 Å². The maximum atomic E-state index is 12.2. The molecule has 2 aromatic rings. The van der Waals surface area contributed by atoms with E-state index in [1.54, 1.807) is 0 Å². The van der Waals surface area contributed by atoms with Gasteiger partial charge in [0, 0.05) is 12.1 Å². The van der Waals surface area contributed by atoms with Crippen molar-refractivity contribution in [2.45, 2.75) is 0 Å². The number of hydrogen-bond acceptors (Lipinski definition) is 7. The Morgan fingerprint density at radius 1 is 1.35 bits per heavy atom. The minimum Gasteiger partial charge on any atom is -0.479 e. The number of nitro benzene ring substituents is 1. The summed E-state index contributed by atoms with van der Waals surface area (Å²) in [6.45, 7) is 0. The first-order valence-corrected chi connectivity index (χ1v) is 6.54. The predicted octanol–water partition coefficient (Wildman–Crippen LogP) is 2.31. The van der Waals surface area contributed by atoms with Crippen LogP contribution in [-0.4, -0.2) is 35.0 Å². The molecule has 120 valence electrons. The highest BCUT2D eigenvalue weighted by molar-refractivity contribution is 6.34. The van der Waals surface area contributed by atoms with Crippen molar-refractivity contribution >= 4 is 28.9 Å². The number of amides is 1. The van der Waals surface area contributed by atoms with Crippen LogP contribution in [0.15, 0.2) is 24.4 Å². The number of rotatable bonds is 5. The Labute approximate surface area is 135 Å². The molecule has 0 unspecified atom stereocenters. The van der Waals surface area contributed by atoms with Crippen LogP contribution < -0.4 is 14.8 Å². The largest absolute Gasteiger partial charge is 0.479 e. The Morgan fingerprint density at radius 2 is 2.09 bits per heavy atom. The lowest BCUT2D eigenvalue weighted by atomic mass is 10.2. The molecule has 0 saturated heterocycles. The fraction of sp³-hybridized carbons (Fsp3) is 0.154. The van der Waals surface area contributed by atoms with Gasteiger partial charge in [0.25, 0.3) is 11.6 Å². The SMILES string of the molecule is COc1ncc(NC(=O)c2ccc([N+](=O)[O-])cc2Cl)c(OC)n1. The lowest BCUT2D eigenvalue weighted by molar-refractivity contribution is -0.384. The number of nitrogens with one attached hydrogen (secondary N) is 1. The van der Waals surface area contributed by atoms with Crippen molar-refractivity contribution < 1.29 is 19.2 Å². The van der Waals surface area contributed by atoms with Crippen molar-refractivity contribution in [1.29, 1.82) is 0 Å². The molecule has 0 atom stereocenters. The van der Waals surface area contributed by atoms with Crippen LogP contribution in [0, 0.1) is 10.1 Å². The molecule has 0 fully saturated rings. The number of benzene rings is 1. The number of carbonyl (C=O) groups is 1. The number of non-ortho nitro benzene ring substituents is 1. The van der Waals surface area contributed by atoms with Crippen LogP contribution in [-0.2, 0) is 0 Å². The van der Waals surface area contributed by atoms with E-state index in [1.165, 1.54) is 32.5 Å². The first kappa shape index (κ1) is 16.4. The quantitative estimate of drug-likeness (QED) is 0.656. The summed E-state index contributed by atoms with van der Waals surface area (Å²) in [5.74, 6) is -0.486. The maximum absolute atomic E-state index is 12.2. The van der Waals surface area contributed by atoms with Crippen molar-refractivity contribution in [2.24, 2.45) is 0 Å². The first-order chi connectivity index (χ1) is 11.0. The van der Waals surface area contributed by atoms with Crippen molar-refractivity contribution in [3.8, 4) is 11.9 Å². The third kappa shape index (κ3) is 3.64. The monoisotopic (exact) mass is 338 g/mol. The van der Waals surface area contributed by atoms with Crippen molar-refractivity contribution in [1.82, 2.24) is 9.97 Å². The highest BCUT2D eigenvalue weighted by atomic mass is 35.5. The van der Waals surface area contributed by atoms with Crippen LogP contribution in [0.25, 0.3) is 0 Å². The third-order valence-electron chi connectivity index (χ3n) is 2.76. The van der Waals surface area contributed by atoms with Gasteiger partial charge in [0.15, 0.2) is 0 Å². The van der Waals surface area contributed by atoms with E-state index in [4.69, 9.17) is 21.1 Å². The number of aromatic nitrogens is 2. The lowest BCUT2D eigenvalue weighted by Gasteiger charge is -2.10. The Kier molecular flexibility index (Phi) is 4.91. The van der Waals surface area contributed by atoms with E-state index in [2.05, 4.69) is 15.3 Å². The smallest absolute Gasteiger partial charge is 0.319 e. The number of carbonyl (C=O) groups excluding carboxylic acids is 1. The molecule has 1 aromatic carbocycles. The molecular formula is C13H11ClN4O5. The standard InChI is InChI=1S/C13H11ClN4O5/c1-22-12-10(6-15-13(17-12)23-2)16-11(19)8-4-3-7(18(20)21)5-9(8)14/h3-6H,1-2H3,(H,16,19). The summed E-state index contributed by atoms with van der Waals surface area (Å²) < 4.78 is 9.89. The third-order valence-corrected chi connectivity index (χ3v) is 3.08. The predicted molar refractivity (Wildman–Crippen MR) is 81.2 cm³/mol. The van der Waals surface area contributed by atoms with Crippen LogP contribution in [0.4, 0.5) is 11.4 Å². The Bertz CT molecular complexity index is 768. The van der Waals surface area contributed by atoms with Gasteiger partial charge in [-0.05, 0) is 6.07 Å². The molecule has 0 radical (unpaired) electrons. The van der Waals surface area contributed by atoms with Gasteiger partial charge in [0.1, 0.15) is 5.69 Å². The van der Waals surface area contributed by atoms with Crippen LogP contribution >= 0.6 is 11.6 Å². The number of nitro groups is 1. The van der Waals surface area contributed by atoms with E-state index < -0.39 is 10.8 Å². The molecular weight excluding hydrogens is 328 g/mol.